The highest BCUT2D eigenvalue weighted by Crippen LogP contribution is 2.31. The van der Waals surface area contributed by atoms with Gasteiger partial charge in [0.05, 0.1) is 5.69 Å². The zero-order chi connectivity index (χ0) is 13.1. The summed E-state index contributed by atoms with van der Waals surface area (Å²) in [6.45, 7) is 5.73. The van der Waals surface area contributed by atoms with Gasteiger partial charge in [0.1, 0.15) is 10.8 Å². The van der Waals surface area contributed by atoms with E-state index in [-0.39, 0.29) is 5.82 Å². The second kappa shape index (κ2) is 5.91. The van der Waals surface area contributed by atoms with E-state index in [1.807, 2.05) is 13.0 Å². The lowest BCUT2D eigenvalue weighted by Gasteiger charge is -1.99. The zero-order valence-corrected chi connectivity index (χ0v) is 12.7. The Morgan fingerprint density at radius 1 is 1.44 bits per heavy atom. The van der Waals surface area contributed by atoms with E-state index >= 15 is 0 Å². The molecule has 0 unspecified atom stereocenters. The van der Waals surface area contributed by atoms with Gasteiger partial charge in [0.2, 0.25) is 0 Å². The summed E-state index contributed by atoms with van der Waals surface area (Å²) in [6, 6.07) is 5.06. The maximum absolute atomic E-state index is 13.9. The number of aromatic nitrogens is 1. The Hall–Kier alpha value is -0.780. The fourth-order valence-electron chi connectivity index (χ4n) is 1.61. The molecule has 2 rings (SSSR count). The van der Waals surface area contributed by atoms with Gasteiger partial charge in [-0.25, -0.2) is 9.37 Å². The second-order valence-corrected chi connectivity index (χ2v) is 5.93. The molecule has 1 aromatic heterocycles. The normalized spacial score (nSPS) is 10.9. The second-order valence-electron chi connectivity index (χ2n) is 3.93. The predicted octanol–water partition coefficient (Wildman–Crippen LogP) is 4.13. The van der Waals surface area contributed by atoms with Crippen LogP contribution < -0.4 is 5.32 Å². The molecule has 1 heterocycles. The summed E-state index contributed by atoms with van der Waals surface area (Å²) in [6.07, 6.45) is 0. The summed E-state index contributed by atoms with van der Waals surface area (Å²) in [5.41, 5.74) is 1.53. The highest BCUT2D eigenvalue weighted by atomic mass is 79.9. The van der Waals surface area contributed by atoms with E-state index in [1.54, 1.807) is 17.4 Å². The van der Waals surface area contributed by atoms with Crippen LogP contribution in [-0.4, -0.2) is 11.5 Å². The van der Waals surface area contributed by atoms with Crippen molar-refractivity contribution in [1.29, 1.82) is 0 Å². The van der Waals surface area contributed by atoms with Crippen molar-refractivity contribution >= 4 is 27.3 Å². The molecule has 2 aromatic rings. The molecule has 0 fully saturated rings. The molecule has 0 spiro atoms. The van der Waals surface area contributed by atoms with Crippen LogP contribution in [0.4, 0.5) is 4.39 Å². The Morgan fingerprint density at radius 3 is 2.89 bits per heavy atom. The summed E-state index contributed by atoms with van der Waals surface area (Å²) in [4.78, 5) is 5.61. The quantitative estimate of drug-likeness (QED) is 0.912. The molecule has 0 radical (unpaired) electrons. The van der Waals surface area contributed by atoms with Gasteiger partial charge in [-0.1, -0.05) is 22.9 Å². The molecular formula is C13H14BrFN2S. The minimum atomic E-state index is -0.242. The third-order valence-electron chi connectivity index (χ3n) is 2.59. The van der Waals surface area contributed by atoms with Crippen LogP contribution in [-0.2, 0) is 6.54 Å². The van der Waals surface area contributed by atoms with Crippen molar-refractivity contribution in [3.8, 4) is 10.6 Å². The van der Waals surface area contributed by atoms with Gasteiger partial charge >= 0.3 is 0 Å². The predicted molar refractivity (Wildman–Crippen MR) is 77.3 cm³/mol. The van der Waals surface area contributed by atoms with E-state index in [0.29, 0.717) is 5.56 Å². The van der Waals surface area contributed by atoms with Crippen LogP contribution in [0.5, 0.6) is 0 Å². The number of hydrogen-bond donors (Lipinski definition) is 1. The van der Waals surface area contributed by atoms with Gasteiger partial charge in [-0.3, -0.25) is 0 Å². The first kappa shape index (κ1) is 13.6. The smallest absolute Gasteiger partial charge is 0.134 e. The molecule has 18 heavy (non-hydrogen) atoms. The van der Waals surface area contributed by atoms with Gasteiger partial charge in [-0.05, 0) is 31.7 Å². The standard InChI is InChI=1S/C13H14BrFN2S/c1-3-16-7-12-8(2)17-13(18-12)10-5-4-9(14)6-11(10)15/h4-6,16H,3,7H2,1-2H3. The SMILES string of the molecule is CCNCc1sc(-c2ccc(Br)cc2F)nc1C. The molecule has 0 amide bonds. The highest BCUT2D eigenvalue weighted by Gasteiger charge is 2.12. The number of aryl methyl sites for hydroxylation is 1. The summed E-state index contributed by atoms with van der Waals surface area (Å²) in [7, 11) is 0. The zero-order valence-electron chi connectivity index (χ0n) is 10.3. The molecule has 2 nitrogen and oxygen atoms in total. The van der Waals surface area contributed by atoms with Gasteiger partial charge in [-0.2, -0.15) is 0 Å². The number of hydrogen-bond acceptors (Lipinski definition) is 3. The minimum absolute atomic E-state index is 0.242. The summed E-state index contributed by atoms with van der Waals surface area (Å²) in [5.74, 6) is -0.242. The molecule has 1 N–H and O–H groups in total. The molecule has 0 aliphatic rings. The topological polar surface area (TPSA) is 24.9 Å². The monoisotopic (exact) mass is 328 g/mol. The third-order valence-corrected chi connectivity index (χ3v) is 4.27. The molecule has 0 saturated heterocycles. The fraction of sp³-hybridized carbons (Fsp3) is 0.308. The number of nitrogens with one attached hydrogen (secondary N) is 1. The Kier molecular flexibility index (Phi) is 4.48. The van der Waals surface area contributed by atoms with E-state index in [4.69, 9.17) is 0 Å². The van der Waals surface area contributed by atoms with Gasteiger partial charge in [0.25, 0.3) is 0 Å². The number of benzene rings is 1. The number of halogens is 2. The third kappa shape index (κ3) is 2.96. The molecule has 0 aliphatic carbocycles. The first-order chi connectivity index (χ1) is 8.61. The maximum atomic E-state index is 13.9. The van der Waals surface area contributed by atoms with Crippen molar-refractivity contribution < 1.29 is 4.39 Å². The molecular weight excluding hydrogens is 315 g/mol. The summed E-state index contributed by atoms with van der Waals surface area (Å²) < 4.78 is 14.6. The minimum Gasteiger partial charge on any atom is -0.312 e. The first-order valence-corrected chi connectivity index (χ1v) is 7.35. The molecule has 0 saturated carbocycles. The lowest BCUT2D eigenvalue weighted by atomic mass is 10.2. The molecule has 5 heteroatoms. The molecule has 0 bridgehead atoms. The molecule has 96 valence electrons. The Morgan fingerprint density at radius 2 is 2.22 bits per heavy atom. The average molecular weight is 329 g/mol. The lowest BCUT2D eigenvalue weighted by molar-refractivity contribution is 0.630. The van der Waals surface area contributed by atoms with Crippen LogP contribution in [0.15, 0.2) is 22.7 Å². The van der Waals surface area contributed by atoms with Gasteiger partial charge in [0.15, 0.2) is 0 Å². The van der Waals surface area contributed by atoms with E-state index in [0.717, 1.165) is 33.1 Å². The van der Waals surface area contributed by atoms with Crippen LogP contribution >= 0.6 is 27.3 Å². The van der Waals surface area contributed by atoms with Crippen molar-refractivity contribution in [3.63, 3.8) is 0 Å². The van der Waals surface area contributed by atoms with E-state index in [2.05, 4.69) is 33.2 Å². The first-order valence-electron chi connectivity index (χ1n) is 5.74. The average Bonchev–Trinajstić information content (AvgIpc) is 2.68. The van der Waals surface area contributed by atoms with Crippen molar-refractivity contribution in [3.05, 3.63) is 39.1 Å². The van der Waals surface area contributed by atoms with Crippen LogP contribution in [0.2, 0.25) is 0 Å². The molecule has 0 atom stereocenters. The fourth-order valence-corrected chi connectivity index (χ4v) is 3.00. The van der Waals surface area contributed by atoms with Crippen LogP contribution in [0.1, 0.15) is 17.5 Å². The molecule has 1 aromatic carbocycles. The Balaban J connectivity index is 2.33. The van der Waals surface area contributed by atoms with Gasteiger partial charge in [0, 0.05) is 21.5 Å². The molecule has 0 aliphatic heterocycles. The Bertz CT molecular complexity index is 554. The largest absolute Gasteiger partial charge is 0.312 e. The van der Waals surface area contributed by atoms with Crippen LogP contribution in [0.25, 0.3) is 10.6 Å². The van der Waals surface area contributed by atoms with Crippen LogP contribution in [0.3, 0.4) is 0 Å². The highest BCUT2D eigenvalue weighted by molar-refractivity contribution is 9.10. The van der Waals surface area contributed by atoms with Crippen molar-refractivity contribution in [1.82, 2.24) is 10.3 Å². The van der Waals surface area contributed by atoms with E-state index in [9.17, 15) is 4.39 Å². The van der Waals surface area contributed by atoms with E-state index < -0.39 is 0 Å². The number of thiazole rings is 1. The summed E-state index contributed by atoms with van der Waals surface area (Å²) >= 11 is 4.80. The van der Waals surface area contributed by atoms with Gasteiger partial charge in [-0.15, -0.1) is 11.3 Å². The Labute approximate surface area is 118 Å². The number of nitrogens with zero attached hydrogens (tertiary/aromatic N) is 1. The van der Waals surface area contributed by atoms with Crippen molar-refractivity contribution in [2.45, 2.75) is 20.4 Å². The lowest BCUT2D eigenvalue weighted by Crippen LogP contribution is -2.11. The van der Waals surface area contributed by atoms with Crippen molar-refractivity contribution in [2.75, 3.05) is 6.54 Å². The van der Waals surface area contributed by atoms with Crippen molar-refractivity contribution in [2.24, 2.45) is 0 Å². The summed E-state index contributed by atoms with van der Waals surface area (Å²) in [5, 5.41) is 4.00. The van der Waals surface area contributed by atoms with E-state index in [1.165, 1.54) is 6.07 Å². The maximum Gasteiger partial charge on any atom is 0.134 e. The number of rotatable bonds is 4. The van der Waals surface area contributed by atoms with Gasteiger partial charge < -0.3 is 5.32 Å². The van der Waals surface area contributed by atoms with Crippen LogP contribution in [0, 0.1) is 12.7 Å².